The second-order valence-electron chi connectivity index (χ2n) is 5.36. The van der Waals surface area contributed by atoms with Gasteiger partial charge in [-0.25, -0.2) is 19.6 Å². The van der Waals surface area contributed by atoms with E-state index in [0.29, 0.717) is 27.7 Å². The molecule has 0 fully saturated rings. The number of carbonyl (C=O) groups is 2. The van der Waals surface area contributed by atoms with Gasteiger partial charge in [-0.15, -0.1) is 11.3 Å². The second-order valence-corrected chi connectivity index (χ2v) is 6.31. The van der Waals surface area contributed by atoms with Crippen LogP contribution in [0.1, 0.15) is 15.4 Å². The molecule has 0 saturated heterocycles. The number of rotatable bonds is 5. The lowest BCUT2D eigenvalue weighted by atomic mass is 10.2. The molecular formula is C20H13N3O4S. The predicted molar refractivity (Wildman–Crippen MR) is 102 cm³/mol. The number of ether oxygens (including phenoxy) is 2. The molecule has 7 nitrogen and oxygen atoms in total. The largest absolute Gasteiger partial charge is 0.465 e. The van der Waals surface area contributed by atoms with Crippen molar-refractivity contribution in [3.63, 3.8) is 0 Å². The summed E-state index contributed by atoms with van der Waals surface area (Å²) in [7, 11) is 1.20. The van der Waals surface area contributed by atoms with Crippen molar-refractivity contribution in [3.05, 3.63) is 70.2 Å². The number of carbonyl (C=O) groups excluding carboxylic acids is 2. The summed E-state index contributed by atoms with van der Waals surface area (Å²) in [5, 5.41) is 10.8. The maximum Gasteiger partial charge on any atom is 0.353 e. The molecule has 2 aromatic heterocycles. The van der Waals surface area contributed by atoms with E-state index in [9.17, 15) is 9.59 Å². The summed E-state index contributed by atoms with van der Waals surface area (Å²) in [5.74, 6) is -0.361. The first-order valence-corrected chi connectivity index (χ1v) is 8.88. The highest BCUT2D eigenvalue weighted by Gasteiger charge is 2.11. The first-order chi connectivity index (χ1) is 13.6. The van der Waals surface area contributed by atoms with Crippen molar-refractivity contribution < 1.29 is 19.1 Å². The van der Waals surface area contributed by atoms with Gasteiger partial charge in [0, 0.05) is 11.8 Å². The lowest BCUT2D eigenvalue weighted by Crippen LogP contribution is -2.06. The zero-order chi connectivity index (χ0) is 19.9. The average molecular weight is 391 g/mol. The highest BCUT2D eigenvalue weighted by Crippen LogP contribution is 2.21. The van der Waals surface area contributed by atoms with E-state index in [1.54, 1.807) is 53.9 Å². The first-order valence-electron chi connectivity index (χ1n) is 8.00. The SMILES string of the molecule is COC(=O)/C(C#N)=C/c1ccnc(-c2ccc(OC(=O)c3cccs3)cc2)n1. The standard InChI is InChI=1S/C20H13N3O4S/c1-26-19(24)14(12-21)11-15-8-9-22-18(23-15)13-4-6-16(7-5-13)27-20(25)17-3-2-10-28-17/h2-11H,1H3/b14-11+. The van der Waals surface area contributed by atoms with Crippen LogP contribution in [-0.4, -0.2) is 29.0 Å². The van der Waals surface area contributed by atoms with Crippen molar-refractivity contribution in [3.8, 4) is 23.2 Å². The van der Waals surface area contributed by atoms with Crippen LogP contribution in [0.3, 0.4) is 0 Å². The molecule has 0 aliphatic rings. The number of hydrogen-bond acceptors (Lipinski definition) is 8. The fourth-order valence-electron chi connectivity index (χ4n) is 2.21. The van der Waals surface area contributed by atoms with Crippen molar-refractivity contribution in [2.24, 2.45) is 0 Å². The third kappa shape index (κ3) is 4.47. The summed E-state index contributed by atoms with van der Waals surface area (Å²) in [6.45, 7) is 0. The first kappa shape index (κ1) is 18.9. The van der Waals surface area contributed by atoms with Crippen LogP contribution in [0.2, 0.25) is 0 Å². The van der Waals surface area contributed by atoms with E-state index in [1.165, 1.54) is 30.7 Å². The maximum atomic E-state index is 12.0. The summed E-state index contributed by atoms with van der Waals surface area (Å²) in [5.41, 5.74) is 0.908. The highest BCUT2D eigenvalue weighted by atomic mass is 32.1. The van der Waals surface area contributed by atoms with E-state index >= 15 is 0 Å². The molecule has 0 amide bonds. The number of benzene rings is 1. The van der Waals surface area contributed by atoms with Crippen molar-refractivity contribution in [2.45, 2.75) is 0 Å². The minimum atomic E-state index is -0.737. The van der Waals surface area contributed by atoms with Crippen LogP contribution in [-0.2, 0) is 9.53 Å². The van der Waals surface area contributed by atoms with Gasteiger partial charge < -0.3 is 9.47 Å². The number of hydrogen-bond donors (Lipinski definition) is 0. The molecule has 0 bridgehead atoms. The fraction of sp³-hybridized carbons (Fsp3) is 0.0500. The number of methoxy groups -OCH3 is 1. The van der Waals surface area contributed by atoms with E-state index in [-0.39, 0.29) is 5.57 Å². The topological polar surface area (TPSA) is 102 Å². The van der Waals surface area contributed by atoms with Crippen LogP contribution < -0.4 is 4.74 Å². The number of aromatic nitrogens is 2. The molecular weight excluding hydrogens is 378 g/mol. The smallest absolute Gasteiger partial charge is 0.353 e. The summed E-state index contributed by atoms with van der Waals surface area (Å²) in [6.07, 6.45) is 2.85. The minimum absolute atomic E-state index is 0.164. The summed E-state index contributed by atoms with van der Waals surface area (Å²) >= 11 is 1.31. The van der Waals surface area contributed by atoms with Gasteiger partial charge in [0.25, 0.3) is 0 Å². The van der Waals surface area contributed by atoms with Gasteiger partial charge in [-0.1, -0.05) is 6.07 Å². The molecule has 28 heavy (non-hydrogen) atoms. The fourth-order valence-corrected chi connectivity index (χ4v) is 2.81. The molecule has 138 valence electrons. The summed E-state index contributed by atoms with van der Waals surface area (Å²) in [6, 6.07) is 13.5. The van der Waals surface area contributed by atoms with Gasteiger partial charge in [0.15, 0.2) is 5.82 Å². The molecule has 0 atom stereocenters. The molecule has 0 unspecified atom stereocenters. The van der Waals surface area contributed by atoms with Crippen LogP contribution in [0, 0.1) is 11.3 Å². The van der Waals surface area contributed by atoms with E-state index in [2.05, 4.69) is 14.7 Å². The molecule has 3 rings (SSSR count). The molecule has 8 heteroatoms. The average Bonchev–Trinajstić information content (AvgIpc) is 3.27. The Kier molecular flexibility index (Phi) is 5.89. The van der Waals surface area contributed by atoms with Crippen LogP contribution in [0.25, 0.3) is 17.5 Å². The zero-order valence-corrected chi connectivity index (χ0v) is 15.5. The summed E-state index contributed by atoms with van der Waals surface area (Å²) in [4.78, 5) is 32.5. The Morgan fingerprint density at radius 2 is 1.96 bits per heavy atom. The predicted octanol–water partition coefficient (Wildman–Crippen LogP) is 3.50. The summed E-state index contributed by atoms with van der Waals surface area (Å²) < 4.78 is 9.86. The Morgan fingerprint density at radius 3 is 2.61 bits per heavy atom. The van der Waals surface area contributed by atoms with Crippen molar-refractivity contribution in [2.75, 3.05) is 7.11 Å². The number of esters is 2. The third-order valence-electron chi connectivity index (χ3n) is 3.54. The molecule has 0 saturated carbocycles. The molecule has 0 aliphatic carbocycles. The zero-order valence-electron chi connectivity index (χ0n) is 14.7. The molecule has 0 N–H and O–H groups in total. The molecule has 2 heterocycles. The number of nitrogens with zero attached hydrogens (tertiary/aromatic N) is 3. The van der Waals surface area contributed by atoms with E-state index in [4.69, 9.17) is 10.00 Å². The third-order valence-corrected chi connectivity index (χ3v) is 4.39. The molecule has 3 aromatic rings. The van der Waals surface area contributed by atoms with E-state index < -0.39 is 11.9 Å². The normalized spacial score (nSPS) is 10.8. The van der Waals surface area contributed by atoms with Crippen LogP contribution in [0.15, 0.2) is 59.6 Å². The maximum absolute atomic E-state index is 12.0. The minimum Gasteiger partial charge on any atom is -0.465 e. The Labute approximate surface area is 164 Å². The molecule has 0 spiro atoms. The van der Waals surface area contributed by atoms with Crippen LogP contribution in [0.4, 0.5) is 0 Å². The van der Waals surface area contributed by atoms with E-state index in [1.807, 2.05) is 0 Å². The lowest BCUT2D eigenvalue weighted by molar-refractivity contribution is -0.135. The molecule has 0 aliphatic heterocycles. The van der Waals surface area contributed by atoms with Gasteiger partial charge in [-0.3, -0.25) is 0 Å². The van der Waals surface area contributed by atoms with Gasteiger partial charge in [-0.05, 0) is 47.9 Å². The Hall–Kier alpha value is -3.83. The Bertz CT molecular complexity index is 1070. The van der Waals surface area contributed by atoms with Gasteiger partial charge in [-0.2, -0.15) is 5.26 Å². The number of thiophene rings is 1. The quantitative estimate of drug-likeness (QED) is 0.284. The van der Waals surface area contributed by atoms with Crippen molar-refractivity contribution >= 4 is 29.4 Å². The molecule has 0 radical (unpaired) electrons. The van der Waals surface area contributed by atoms with Crippen LogP contribution >= 0.6 is 11.3 Å². The van der Waals surface area contributed by atoms with Crippen molar-refractivity contribution in [1.82, 2.24) is 9.97 Å². The highest BCUT2D eigenvalue weighted by molar-refractivity contribution is 7.12. The Morgan fingerprint density at radius 1 is 1.18 bits per heavy atom. The van der Waals surface area contributed by atoms with Crippen LogP contribution in [0.5, 0.6) is 5.75 Å². The molecule has 1 aromatic carbocycles. The Balaban J connectivity index is 1.79. The van der Waals surface area contributed by atoms with Gasteiger partial charge in [0.1, 0.15) is 22.3 Å². The van der Waals surface area contributed by atoms with Gasteiger partial charge in [0.2, 0.25) is 0 Å². The van der Waals surface area contributed by atoms with Gasteiger partial charge >= 0.3 is 11.9 Å². The number of nitriles is 1. The van der Waals surface area contributed by atoms with Gasteiger partial charge in [0.05, 0.1) is 12.8 Å². The monoisotopic (exact) mass is 391 g/mol. The lowest BCUT2D eigenvalue weighted by Gasteiger charge is -2.05. The van der Waals surface area contributed by atoms with Crippen molar-refractivity contribution in [1.29, 1.82) is 5.26 Å². The van der Waals surface area contributed by atoms with E-state index in [0.717, 1.165) is 0 Å². The second kappa shape index (κ2) is 8.70.